The van der Waals surface area contributed by atoms with Crippen LogP contribution in [-0.2, 0) is 11.3 Å². The summed E-state index contributed by atoms with van der Waals surface area (Å²) in [5.41, 5.74) is 0. The maximum Gasteiger partial charge on any atom is 0.221 e. The van der Waals surface area contributed by atoms with Crippen molar-refractivity contribution in [1.29, 1.82) is 0 Å². The fourth-order valence-corrected chi connectivity index (χ4v) is 1.09. The van der Waals surface area contributed by atoms with Gasteiger partial charge in [-0.3, -0.25) is 4.79 Å². The average molecular weight is 196 g/mol. The molecule has 0 unspecified atom stereocenters. The van der Waals surface area contributed by atoms with Crippen LogP contribution in [0, 0.1) is 6.92 Å². The van der Waals surface area contributed by atoms with Crippen LogP contribution in [0.3, 0.4) is 0 Å². The summed E-state index contributed by atoms with van der Waals surface area (Å²) < 4.78 is 5.31. The van der Waals surface area contributed by atoms with Crippen molar-refractivity contribution in [2.45, 2.75) is 19.9 Å². The van der Waals surface area contributed by atoms with E-state index in [1.807, 2.05) is 26.1 Å². The first-order chi connectivity index (χ1) is 6.72. The monoisotopic (exact) mass is 196 g/mol. The van der Waals surface area contributed by atoms with E-state index in [-0.39, 0.29) is 5.91 Å². The van der Waals surface area contributed by atoms with Gasteiger partial charge in [-0.05, 0) is 26.1 Å². The van der Waals surface area contributed by atoms with Gasteiger partial charge in [-0.25, -0.2) is 0 Å². The number of furan rings is 1. The molecule has 1 aromatic rings. The van der Waals surface area contributed by atoms with Gasteiger partial charge in [0, 0.05) is 13.0 Å². The summed E-state index contributed by atoms with van der Waals surface area (Å²) >= 11 is 0. The van der Waals surface area contributed by atoms with Crippen LogP contribution in [0.5, 0.6) is 0 Å². The number of nitrogens with one attached hydrogen (secondary N) is 2. The molecule has 0 radical (unpaired) electrons. The van der Waals surface area contributed by atoms with Crippen LogP contribution in [-0.4, -0.2) is 19.5 Å². The molecule has 1 aromatic heterocycles. The first kappa shape index (κ1) is 10.8. The van der Waals surface area contributed by atoms with Gasteiger partial charge >= 0.3 is 0 Å². The molecule has 2 N–H and O–H groups in total. The summed E-state index contributed by atoms with van der Waals surface area (Å²) in [7, 11) is 1.82. The second-order valence-electron chi connectivity index (χ2n) is 3.14. The Labute approximate surface area is 83.7 Å². The van der Waals surface area contributed by atoms with Gasteiger partial charge in [0.15, 0.2) is 0 Å². The quantitative estimate of drug-likeness (QED) is 0.733. The predicted molar refractivity (Wildman–Crippen MR) is 53.8 cm³/mol. The van der Waals surface area contributed by atoms with Gasteiger partial charge in [0.1, 0.15) is 11.5 Å². The molecular formula is C10H16N2O2. The maximum absolute atomic E-state index is 11.2. The predicted octanol–water partition coefficient (Wildman–Crippen LogP) is 0.814. The van der Waals surface area contributed by atoms with Gasteiger partial charge in [-0.2, -0.15) is 0 Å². The van der Waals surface area contributed by atoms with E-state index in [1.54, 1.807) is 0 Å². The van der Waals surface area contributed by atoms with Crippen LogP contribution in [0.25, 0.3) is 0 Å². The minimum absolute atomic E-state index is 0.0356. The van der Waals surface area contributed by atoms with Crippen LogP contribution in [0.15, 0.2) is 16.5 Å². The molecule has 0 spiro atoms. The third-order valence-corrected chi connectivity index (χ3v) is 1.86. The summed E-state index contributed by atoms with van der Waals surface area (Å²) in [6.07, 6.45) is 0.496. The summed E-state index contributed by atoms with van der Waals surface area (Å²) in [6.45, 7) is 3.05. The summed E-state index contributed by atoms with van der Waals surface area (Å²) in [5, 5.41) is 5.69. The second-order valence-corrected chi connectivity index (χ2v) is 3.14. The normalized spacial score (nSPS) is 10.1. The molecule has 0 atom stereocenters. The van der Waals surface area contributed by atoms with Crippen molar-refractivity contribution in [2.24, 2.45) is 0 Å². The van der Waals surface area contributed by atoms with Gasteiger partial charge in [0.05, 0.1) is 6.54 Å². The summed E-state index contributed by atoms with van der Waals surface area (Å²) in [4.78, 5) is 11.2. The maximum atomic E-state index is 11.2. The number of carbonyl (C=O) groups is 1. The summed E-state index contributed by atoms with van der Waals surface area (Å²) in [6, 6.07) is 3.75. The van der Waals surface area contributed by atoms with Gasteiger partial charge in [0.2, 0.25) is 5.91 Å². The lowest BCUT2D eigenvalue weighted by Gasteiger charge is -2.02. The fraction of sp³-hybridized carbons (Fsp3) is 0.500. The highest BCUT2D eigenvalue weighted by atomic mass is 16.3. The van der Waals surface area contributed by atoms with Crippen LogP contribution in [0.1, 0.15) is 17.9 Å². The Hall–Kier alpha value is -1.29. The van der Waals surface area contributed by atoms with E-state index >= 15 is 0 Å². The molecule has 1 heterocycles. The Bertz CT molecular complexity index is 294. The highest BCUT2D eigenvalue weighted by Gasteiger charge is 2.02. The van der Waals surface area contributed by atoms with E-state index in [0.717, 1.165) is 11.5 Å². The van der Waals surface area contributed by atoms with Crippen LogP contribution in [0.4, 0.5) is 0 Å². The molecule has 0 aliphatic rings. The van der Waals surface area contributed by atoms with Crippen LogP contribution < -0.4 is 10.6 Å². The zero-order valence-electron chi connectivity index (χ0n) is 8.59. The van der Waals surface area contributed by atoms with Crippen molar-refractivity contribution in [3.63, 3.8) is 0 Å². The fourth-order valence-electron chi connectivity index (χ4n) is 1.09. The van der Waals surface area contributed by atoms with E-state index < -0.39 is 0 Å². The van der Waals surface area contributed by atoms with Crippen molar-refractivity contribution in [3.05, 3.63) is 23.7 Å². The van der Waals surface area contributed by atoms with Gasteiger partial charge < -0.3 is 15.1 Å². The Morgan fingerprint density at radius 3 is 2.86 bits per heavy atom. The van der Waals surface area contributed by atoms with Gasteiger partial charge in [-0.15, -0.1) is 0 Å². The first-order valence-corrected chi connectivity index (χ1v) is 4.69. The molecule has 4 heteroatoms. The molecule has 0 saturated heterocycles. The molecule has 0 fully saturated rings. The van der Waals surface area contributed by atoms with E-state index in [0.29, 0.717) is 19.5 Å². The molecule has 0 aromatic carbocycles. The Balaban J connectivity index is 2.23. The van der Waals surface area contributed by atoms with Crippen molar-refractivity contribution >= 4 is 5.91 Å². The molecule has 0 saturated carbocycles. The largest absolute Gasteiger partial charge is 0.465 e. The summed E-state index contributed by atoms with van der Waals surface area (Å²) in [5.74, 6) is 1.69. The lowest BCUT2D eigenvalue weighted by molar-refractivity contribution is -0.121. The average Bonchev–Trinajstić information content (AvgIpc) is 2.58. The molecule has 14 heavy (non-hydrogen) atoms. The number of hydrogen-bond acceptors (Lipinski definition) is 3. The SMILES string of the molecule is CNCCC(=O)NCc1ccc(C)o1. The highest BCUT2D eigenvalue weighted by molar-refractivity contribution is 5.75. The number of amides is 1. The van der Waals surface area contributed by atoms with Gasteiger partial charge in [0.25, 0.3) is 0 Å². The topological polar surface area (TPSA) is 54.3 Å². The number of rotatable bonds is 5. The third kappa shape index (κ3) is 3.62. The molecule has 0 aliphatic heterocycles. The van der Waals surface area contributed by atoms with Gasteiger partial charge in [-0.1, -0.05) is 0 Å². The lowest BCUT2D eigenvalue weighted by Crippen LogP contribution is -2.25. The number of hydrogen-bond donors (Lipinski definition) is 2. The molecule has 1 rings (SSSR count). The third-order valence-electron chi connectivity index (χ3n) is 1.86. The van der Waals surface area contributed by atoms with Crippen molar-refractivity contribution in [3.8, 4) is 0 Å². The van der Waals surface area contributed by atoms with E-state index in [9.17, 15) is 4.79 Å². The molecule has 1 amide bonds. The van der Waals surface area contributed by atoms with Crippen LogP contribution in [0.2, 0.25) is 0 Å². The highest BCUT2D eigenvalue weighted by Crippen LogP contribution is 2.05. The molecule has 4 nitrogen and oxygen atoms in total. The van der Waals surface area contributed by atoms with E-state index in [2.05, 4.69) is 10.6 Å². The smallest absolute Gasteiger partial charge is 0.221 e. The molecule has 78 valence electrons. The Morgan fingerprint density at radius 2 is 2.29 bits per heavy atom. The first-order valence-electron chi connectivity index (χ1n) is 4.69. The Kier molecular flexibility index (Phi) is 4.19. The molecule has 0 bridgehead atoms. The number of carbonyl (C=O) groups excluding carboxylic acids is 1. The minimum atomic E-state index is 0.0356. The van der Waals surface area contributed by atoms with E-state index in [4.69, 9.17) is 4.42 Å². The minimum Gasteiger partial charge on any atom is -0.465 e. The Morgan fingerprint density at radius 1 is 1.50 bits per heavy atom. The van der Waals surface area contributed by atoms with Crippen molar-refractivity contribution < 1.29 is 9.21 Å². The zero-order valence-corrected chi connectivity index (χ0v) is 8.59. The standard InChI is InChI=1S/C10H16N2O2/c1-8-3-4-9(14-8)7-12-10(13)5-6-11-2/h3-4,11H,5-7H2,1-2H3,(H,12,13). The van der Waals surface area contributed by atoms with E-state index in [1.165, 1.54) is 0 Å². The second kappa shape index (κ2) is 5.44. The lowest BCUT2D eigenvalue weighted by atomic mass is 10.3. The number of aryl methyl sites for hydroxylation is 1. The molecule has 0 aliphatic carbocycles. The molecular weight excluding hydrogens is 180 g/mol. The zero-order chi connectivity index (χ0) is 10.4. The van der Waals surface area contributed by atoms with Crippen molar-refractivity contribution in [1.82, 2.24) is 10.6 Å². The van der Waals surface area contributed by atoms with Crippen LogP contribution >= 0.6 is 0 Å². The van der Waals surface area contributed by atoms with Crippen molar-refractivity contribution in [2.75, 3.05) is 13.6 Å².